The smallest absolute Gasteiger partial charge is 0.160 e. The number of alkyl halides is 1. The van der Waals surface area contributed by atoms with E-state index in [1.807, 2.05) is 13.0 Å². The lowest BCUT2D eigenvalue weighted by atomic mass is 9.84. The fourth-order valence-corrected chi connectivity index (χ4v) is 3.65. The quantitative estimate of drug-likeness (QED) is 0.773. The van der Waals surface area contributed by atoms with E-state index in [1.54, 1.807) is 0 Å². The monoisotopic (exact) mass is 291 g/mol. The third kappa shape index (κ3) is 2.44. The molecule has 0 amide bonds. The van der Waals surface area contributed by atoms with Crippen LogP contribution in [-0.2, 0) is 5.88 Å². The summed E-state index contributed by atoms with van der Waals surface area (Å²) >= 11 is 6.12. The molecule has 1 saturated carbocycles. The van der Waals surface area contributed by atoms with Crippen molar-refractivity contribution in [1.29, 1.82) is 0 Å². The van der Waals surface area contributed by atoms with Gasteiger partial charge < -0.3 is 4.57 Å². The summed E-state index contributed by atoms with van der Waals surface area (Å²) in [6, 6.07) is 4.60. The Kier molecular flexibility index (Phi) is 3.97. The lowest BCUT2D eigenvalue weighted by Crippen LogP contribution is -2.20. The molecule has 0 bridgehead atoms. The van der Waals surface area contributed by atoms with E-state index < -0.39 is 0 Å². The van der Waals surface area contributed by atoms with Gasteiger partial charge in [-0.15, -0.1) is 11.6 Å². The molecular weight excluding hydrogens is 270 g/mol. The van der Waals surface area contributed by atoms with Crippen LogP contribution in [0, 0.1) is 12.8 Å². The molecule has 0 N–H and O–H groups in total. The highest BCUT2D eigenvalue weighted by Crippen LogP contribution is 2.36. The molecule has 3 nitrogen and oxygen atoms in total. The van der Waals surface area contributed by atoms with Gasteiger partial charge in [-0.25, -0.2) is 9.97 Å². The standard InChI is InChI=1S/C16H22ClN3/c1-3-12-5-4-6-13(9-12)20-15(10-17)19-14-8-7-11(2)18-16(14)20/h7-8,12-13H,3-6,9-10H2,1-2H3. The lowest BCUT2D eigenvalue weighted by Gasteiger charge is -2.30. The van der Waals surface area contributed by atoms with E-state index in [2.05, 4.69) is 22.5 Å². The number of rotatable bonds is 3. The highest BCUT2D eigenvalue weighted by molar-refractivity contribution is 6.16. The maximum atomic E-state index is 6.12. The van der Waals surface area contributed by atoms with Gasteiger partial charge in [0.1, 0.15) is 11.3 Å². The van der Waals surface area contributed by atoms with Crippen LogP contribution < -0.4 is 0 Å². The Morgan fingerprint density at radius 2 is 2.15 bits per heavy atom. The molecule has 3 rings (SSSR count). The average molecular weight is 292 g/mol. The second-order valence-corrected chi connectivity index (χ2v) is 6.19. The maximum absolute atomic E-state index is 6.12. The topological polar surface area (TPSA) is 30.7 Å². The van der Waals surface area contributed by atoms with Crippen LogP contribution in [0.2, 0.25) is 0 Å². The van der Waals surface area contributed by atoms with Gasteiger partial charge in [-0.3, -0.25) is 0 Å². The van der Waals surface area contributed by atoms with Crippen LogP contribution in [0.15, 0.2) is 12.1 Å². The summed E-state index contributed by atoms with van der Waals surface area (Å²) in [6.07, 6.45) is 6.40. The van der Waals surface area contributed by atoms with Gasteiger partial charge in [-0.05, 0) is 37.8 Å². The molecule has 0 saturated heterocycles. The molecule has 0 aromatic carbocycles. The zero-order valence-electron chi connectivity index (χ0n) is 12.3. The van der Waals surface area contributed by atoms with E-state index in [1.165, 1.54) is 32.1 Å². The summed E-state index contributed by atoms with van der Waals surface area (Å²) in [5.74, 6) is 2.27. The third-order valence-corrected chi connectivity index (χ3v) is 4.81. The second-order valence-electron chi connectivity index (χ2n) is 5.92. The van der Waals surface area contributed by atoms with E-state index in [0.717, 1.165) is 28.6 Å². The first-order chi connectivity index (χ1) is 9.72. The molecule has 1 aliphatic carbocycles. The summed E-state index contributed by atoms with van der Waals surface area (Å²) in [7, 11) is 0. The van der Waals surface area contributed by atoms with Gasteiger partial charge in [0.2, 0.25) is 0 Å². The first kappa shape index (κ1) is 13.9. The van der Waals surface area contributed by atoms with E-state index in [9.17, 15) is 0 Å². The van der Waals surface area contributed by atoms with Crippen LogP contribution in [-0.4, -0.2) is 14.5 Å². The van der Waals surface area contributed by atoms with Gasteiger partial charge in [0.05, 0.1) is 5.88 Å². The second kappa shape index (κ2) is 5.72. The number of fused-ring (bicyclic) bond motifs is 1. The number of hydrogen-bond donors (Lipinski definition) is 0. The van der Waals surface area contributed by atoms with Gasteiger partial charge in [0.25, 0.3) is 0 Å². The SMILES string of the molecule is CCC1CCCC(n2c(CCl)nc3ccc(C)nc32)C1. The van der Waals surface area contributed by atoms with Crippen molar-refractivity contribution in [3.63, 3.8) is 0 Å². The number of imidazole rings is 1. The van der Waals surface area contributed by atoms with Gasteiger partial charge >= 0.3 is 0 Å². The minimum absolute atomic E-state index is 0.461. The van der Waals surface area contributed by atoms with Gasteiger partial charge in [0, 0.05) is 11.7 Å². The average Bonchev–Trinajstić information content (AvgIpc) is 2.85. The van der Waals surface area contributed by atoms with Crippen molar-refractivity contribution in [2.45, 2.75) is 57.9 Å². The van der Waals surface area contributed by atoms with Crippen molar-refractivity contribution in [2.24, 2.45) is 5.92 Å². The predicted molar refractivity (Wildman–Crippen MR) is 83.1 cm³/mol. The Labute approximate surface area is 125 Å². The van der Waals surface area contributed by atoms with Crippen LogP contribution in [0.3, 0.4) is 0 Å². The van der Waals surface area contributed by atoms with E-state index >= 15 is 0 Å². The largest absolute Gasteiger partial charge is 0.309 e. The predicted octanol–water partition coefficient (Wildman–Crippen LogP) is 4.62. The van der Waals surface area contributed by atoms with E-state index in [0.29, 0.717) is 11.9 Å². The summed E-state index contributed by atoms with van der Waals surface area (Å²) in [5.41, 5.74) is 3.04. The van der Waals surface area contributed by atoms with Gasteiger partial charge in [0.15, 0.2) is 5.65 Å². The molecule has 2 unspecified atom stereocenters. The first-order valence-corrected chi connectivity index (χ1v) is 8.16. The number of nitrogens with zero attached hydrogens (tertiary/aromatic N) is 3. The van der Waals surface area contributed by atoms with Crippen molar-refractivity contribution in [2.75, 3.05) is 0 Å². The maximum Gasteiger partial charge on any atom is 0.160 e. The van der Waals surface area contributed by atoms with Crippen LogP contribution in [0.25, 0.3) is 11.2 Å². The molecule has 0 spiro atoms. The first-order valence-electron chi connectivity index (χ1n) is 7.63. The third-order valence-electron chi connectivity index (χ3n) is 4.57. The highest BCUT2D eigenvalue weighted by atomic mass is 35.5. The van der Waals surface area contributed by atoms with Crippen LogP contribution in [0.1, 0.15) is 56.6 Å². The van der Waals surface area contributed by atoms with E-state index in [-0.39, 0.29) is 0 Å². The van der Waals surface area contributed by atoms with Gasteiger partial charge in [-0.2, -0.15) is 0 Å². The van der Waals surface area contributed by atoms with Crippen molar-refractivity contribution < 1.29 is 0 Å². The minimum atomic E-state index is 0.461. The lowest BCUT2D eigenvalue weighted by molar-refractivity contribution is 0.262. The van der Waals surface area contributed by atoms with Crippen LogP contribution in [0.5, 0.6) is 0 Å². The Bertz CT molecular complexity index is 605. The number of aromatic nitrogens is 3. The van der Waals surface area contributed by atoms with E-state index in [4.69, 9.17) is 16.6 Å². The molecule has 2 aromatic heterocycles. The minimum Gasteiger partial charge on any atom is -0.309 e. The zero-order chi connectivity index (χ0) is 14.1. The molecular formula is C16H22ClN3. The molecule has 1 fully saturated rings. The normalized spacial score (nSPS) is 23.4. The van der Waals surface area contributed by atoms with Crippen molar-refractivity contribution in [3.8, 4) is 0 Å². The molecule has 2 atom stereocenters. The number of hydrogen-bond acceptors (Lipinski definition) is 2. The summed E-state index contributed by atoms with van der Waals surface area (Å²) in [4.78, 5) is 9.38. The summed E-state index contributed by atoms with van der Waals surface area (Å²) < 4.78 is 2.32. The molecule has 0 aliphatic heterocycles. The van der Waals surface area contributed by atoms with Gasteiger partial charge in [-0.1, -0.05) is 26.2 Å². The molecule has 0 radical (unpaired) electrons. The molecule has 4 heteroatoms. The zero-order valence-corrected chi connectivity index (χ0v) is 13.0. The molecule has 1 aliphatic rings. The Hall–Kier alpha value is -1.09. The van der Waals surface area contributed by atoms with Crippen molar-refractivity contribution >= 4 is 22.8 Å². The Balaban J connectivity index is 2.06. The Morgan fingerprint density at radius 3 is 2.90 bits per heavy atom. The fourth-order valence-electron chi connectivity index (χ4n) is 3.46. The van der Waals surface area contributed by atoms with Crippen molar-refractivity contribution in [1.82, 2.24) is 14.5 Å². The number of pyridine rings is 1. The molecule has 108 valence electrons. The number of aryl methyl sites for hydroxylation is 1. The summed E-state index contributed by atoms with van der Waals surface area (Å²) in [6.45, 7) is 4.33. The molecule has 20 heavy (non-hydrogen) atoms. The highest BCUT2D eigenvalue weighted by Gasteiger charge is 2.26. The number of halogens is 1. The summed E-state index contributed by atoms with van der Waals surface area (Å²) in [5, 5.41) is 0. The van der Waals surface area contributed by atoms with Crippen LogP contribution in [0.4, 0.5) is 0 Å². The fraction of sp³-hybridized carbons (Fsp3) is 0.625. The van der Waals surface area contributed by atoms with Crippen LogP contribution >= 0.6 is 11.6 Å². The molecule has 2 heterocycles. The van der Waals surface area contributed by atoms with Crippen molar-refractivity contribution in [3.05, 3.63) is 23.7 Å². The Morgan fingerprint density at radius 1 is 1.30 bits per heavy atom. The molecule has 2 aromatic rings.